The second-order valence-corrected chi connectivity index (χ2v) is 6.33. The summed E-state index contributed by atoms with van der Waals surface area (Å²) < 4.78 is 7.02. The monoisotopic (exact) mass is 346 g/mol. The largest absolute Gasteiger partial charge is 0.497 e. The van der Waals surface area contributed by atoms with Gasteiger partial charge in [-0.1, -0.05) is 24.8 Å². The van der Waals surface area contributed by atoms with Crippen LogP contribution in [0.2, 0.25) is 0 Å². The zero-order valence-electron chi connectivity index (χ0n) is 14.6. The van der Waals surface area contributed by atoms with Crippen LogP contribution in [0.15, 0.2) is 66.7 Å². The van der Waals surface area contributed by atoms with Crippen LogP contribution in [0.1, 0.15) is 27.0 Å². The van der Waals surface area contributed by atoms with E-state index in [1.807, 2.05) is 34.9 Å². The molecule has 3 aromatic rings. The summed E-state index contributed by atoms with van der Waals surface area (Å²) in [7, 11) is 3.27. The smallest absolute Gasteiger partial charge is 0.272 e. The number of Topliss-reactive ketones (excluding diaryl/α,β-unsaturated/α-hetero) is 1. The molecule has 0 radical (unpaired) electrons. The molecule has 130 valence electrons. The zero-order valence-corrected chi connectivity index (χ0v) is 14.6. The molecule has 0 N–H and O–H groups in total. The average Bonchev–Trinajstić information content (AvgIpc) is 3.16. The molecule has 0 bridgehead atoms. The molecule has 0 spiro atoms. The summed E-state index contributed by atoms with van der Waals surface area (Å²) >= 11 is 0. The van der Waals surface area contributed by atoms with Crippen molar-refractivity contribution < 1.29 is 14.3 Å². The summed E-state index contributed by atoms with van der Waals surface area (Å²) in [5.74, 6) is 0.372. The lowest BCUT2D eigenvalue weighted by atomic mass is 10.0. The predicted molar refractivity (Wildman–Crippen MR) is 99.5 cm³/mol. The van der Waals surface area contributed by atoms with Crippen molar-refractivity contribution in [1.82, 2.24) is 9.47 Å². The van der Waals surface area contributed by atoms with Crippen molar-refractivity contribution in [2.75, 3.05) is 14.2 Å². The van der Waals surface area contributed by atoms with E-state index < -0.39 is 6.17 Å². The Morgan fingerprint density at radius 1 is 1.12 bits per heavy atom. The van der Waals surface area contributed by atoms with E-state index in [-0.39, 0.29) is 11.7 Å². The summed E-state index contributed by atoms with van der Waals surface area (Å²) in [6.07, 6.45) is -0.535. The quantitative estimate of drug-likeness (QED) is 0.535. The fraction of sp³-hybridized carbons (Fsp3) is 0.143. The average molecular weight is 346 g/mol. The van der Waals surface area contributed by atoms with Crippen LogP contribution < -0.4 is 4.74 Å². The lowest BCUT2D eigenvalue weighted by Crippen LogP contribution is -2.29. The molecule has 1 aliphatic rings. The van der Waals surface area contributed by atoms with E-state index in [9.17, 15) is 9.59 Å². The molecule has 26 heavy (non-hydrogen) atoms. The minimum atomic E-state index is -0.535. The molecule has 5 nitrogen and oxygen atoms in total. The topological polar surface area (TPSA) is 51.5 Å². The Labute approximate surface area is 151 Å². The first-order chi connectivity index (χ1) is 12.5. The van der Waals surface area contributed by atoms with Crippen LogP contribution in [-0.2, 0) is 0 Å². The van der Waals surface area contributed by atoms with Gasteiger partial charge in [0, 0.05) is 23.6 Å². The van der Waals surface area contributed by atoms with Gasteiger partial charge in [-0.25, -0.2) is 0 Å². The lowest BCUT2D eigenvalue weighted by molar-refractivity contribution is 0.0772. The molecule has 0 fully saturated rings. The van der Waals surface area contributed by atoms with Gasteiger partial charge in [-0.05, 0) is 36.4 Å². The van der Waals surface area contributed by atoms with Gasteiger partial charge in [0.15, 0.2) is 5.78 Å². The van der Waals surface area contributed by atoms with Crippen LogP contribution in [-0.4, -0.2) is 35.3 Å². The molecule has 1 unspecified atom stereocenters. The Kier molecular flexibility index (Phi) is 3.65. The third kappa shape index (κ3) is 2.24. The Balaban J connectivity index is 1.76. The number of hydrogen-bond acceptors (Lipinski definition) is 3. The van der Waals surface area contributed by atoms with Gasteiger partial charge in [-0.15, -0.1) is 0 Å². The minimum Gasteiger partial charge on any atom is -0.497 e. The van der Waals surface area contributed by atoms with Crippen molar-refractivity contribution in [3.63, 3.8) is 0 Å². The first-order valence-corrected chi connectivity index (χ1v) is 8.27. The molecule has 1 aromatic heterocycles. The van der Waals surface area contributed by atoms with Crippen molar-refractivity contribution >= 4 is 22.6 Å². The predicted octanol–water partition coefficient (Wildman–Crippen LogP) is 3.67. The summed E-state index contributed by atoms with van der Waals surface area (Å²) in [5, 5.41) is 0.971. The van der Waals surface area contributed by atoms with Crippen molar-refractivity contribution in [3.8, 4) is 5.75 Å². The minimum absolute atomic E-state index is 0.116. The van der Waals surface area contributed by atoms with Crippen molar-refractivity contribution in [2.24, 2.45) is 0 Å². The van der Waals surface area contributed by atoms with Crippen LogP contribution in [0.25, 0.3) is 10.9 Å². The van der Waals surface area contributed by atoms with Gasteiger partial charge in [0.2, 0.25) is 0 Å². The summed E-state index contributed by atoms with van der Waals surface area (Å²) in [4.78, 5) is 27.2. The maximum absolute atomic E-state index is 13.0. The molecule has 2 aromatic carbocycles. The number of carbonyl (C=O) groups excluding carboxylic acids is 2. The van der Waals surface area contributed by atoms with Gasteiger partial charge < -0.3 is 14.2 Å². The van der Waals surface area contributed by atoms with E-state index >= 15 is 0 Å². The molecule has 1 atom stereocenters. The highest BCUT2D eigenvalue weighted by molar-refractivity contribution is 6.11. The van der Waals surface area contributed by atoms with Crippen LogP contribution in [0.3, 0.4) is 0 Å². The standard InChI is InChI=1S/C21H18N2O3/c1-13(19(24)14-8-10-16(26-3)11-9-14)20-22(2)21(25)18-12-15-6-4-5-7-17(15)23(18)20/h4-12,20H,1H2,2-3H3. The maximum Gasteiger partial charge on any atom is 0.272 e. The normalized spacial score (nSPS) is 16.0. The summed E-state index contributed by atoms with van der Waals surface area (Å²) in [6, 6.07) is 16.5. The molecule has 0 aliphatic carbocycles. The number of likely N-dealkylation sites (N-methyl/N-ethyl adjacent to an activating group) is 1. The van der Waals surface area contributed by atoms with Crippen LogP contribution in [0.5, 0.6) is 5.75 Å². The number of para-hydroxylation sites is 1. The fourth-order valence-electron chi connectivity index (χ4n) is 3.50. The molecular weight excluding hydrogens is 328 g/mol. The van der Waals surface area contributed by atoms with E-state index in [0.29, 0.717) is 22.6 Å². The Bertz CT molecular complexity index is 1050. The summed E-state index contributed by atoms with van der Waals surface area (Å²) in [5.41, 5.74) is 2.35. The summed E-state index contributed by atoms with van der Waals surface area (Å²) in [6.45, 7) is 4.03. The van der Waals surface area contributed by atoms with Gasteiger partial charge in [-0.2, -0.15) is 0 Å². The number of hydrogen-bond donors (Lipinski definition) is 0. The number of carbonyl (C=O) groups is 2. The van der Waals surface area contributed by atoms with Gasteiger partial charge in [0.1, 0.15) is 17.6 Å². The van der Waals surface area contributed by atoms with Crippen LogP contribution in [0, 0.1) is 0 Å². The number of nitrogens with zero attached hydrogens (tertiary/aromatic N) is 2. The third-order valence-electron chi connectivity index (χ3n) is 4.85. The maximum atomic E-state index is 13.0. The van der Waals surface area contributed by atoms with E-state index in [1.54, 1.807) is 43.3 Å². The molecule has 0 saturated carbocycles. The molecule has 0 saturated heterocycles. The van der Waals surface area contributed by atoms with Gasteiger partial charge >= 0.3 is 0 Å². The SMILES string of the molecule is C=C(C(=O)c1ccc(OC)cc1)C1N(C)C(=O)c2cc3ccccc3n21. The lowest BCUT2D eigenvalue weighted by Gasteiger charge is -2.24. The van der Waals surface area contributed by atoms with E-state index in [0.717, 1.165) is 10.9 Å². The van der Waals surface area contributed by atoms with Crippen molar-refractivity contribution in [1.29, 1.82) is 0 Å². The number of rotatable bonds is 4. The molecule has 1 amide bonds. The number of fused-ring (bicyclic) bond motifs is 3. The zero-order chi connectivity index (χ0) is 18.4. The second kappa shape index (κ2) is 5.88. The fourth-order valence-corrected chi connectivity index (χ4v) is 3.50. The van der Waals surface area contributed by atoms with Crippen LogP contribution in [0.4, 0.5) is 0 Å². The number of amides is 1. The second-order valence-electron chi connectivity index (χ2n) is 6.33. The van der Waals surface area contributed by atoms with E-state index in [2.05, 4.69) is 6.58 Å². The molecule has 2 heterocycles. The Hall–Kier alpha value is -3.34. The number of ether oxygens (including phenoxy) is 1. The number of ketones is 1. The van der Waals surface area contributed by atoms with Gasteiger partial charge in [0.25, 0.3) is 5.91 Å². The van der Waals surface area contributed by atoms with Crippen molar-refractivity contribution in [3.05, 3.63) is 78.0 Å². The van der Waals surface area contributed by atoms with E-state index in [1.165, 1.54) is 0 Å². The number of aromatic nitrogens is 1. The Morgan fingerprint density at radius 2 is 1.81 bits per heavy atom. The highest BCUT2D eigenvalue weighted by Gasteiger charge is 2.39. The number of methoxy groups -OCH3 is 1. The number of benzene rings is 2. The first kappa shape index (κ1) is 16.1. The molecular formula is C21H18N2O3. The third-order valence-corrected chi connectivity index (χ3v) is 4.85. The Morgan fingerprint density at radius 3 is 2.50 bits per heavy atom. The highest BCUT2D eigenvalue weighted by Crippen LogP contribution is 2.37. The molecule has 4 rings (SSSR count). The van der Waals surface area contributed by atoms with Gasteiger partial charge in [-0.3, -0.25) is 9.59 Å². The molecule has 5 heteroatoms. The van der Waals surface area contributed by atoms with Gasteiger partial charge in [0.05, 0.1) is 12.6 Å². The van der Waals surface area contributed by atoms with E-state index in [4.69, 9.17) is 4.74 Å². The molecule has 1 aliphatic heterocycles. The first-order valence-electron chi connectivity index (χ1n) is 8.27. The van der Waals surface area contributed by atoms with Crippen molar-refractivity contribution in [2.45, 2.75) is 6.17 Å². The van der Waals surface area contributed by atoms with Crippen LogP contribution >= 0.6 is 0 Å². The highest BCUT2D eigenvalue weighted by atomic mass is 16.5.